The van der Waals surface area contributed by atoms with Crippen molar-refractivity contribution in [3.05, 3.63) is 30.3 Å². The molecule has 0 bridgehead atoms. The summed E-state index contributed by atoms with van der Waals surface area (Å²) in [6.45, 7) is 0. The van der Waals surface area contributed by atoms with Gasteiger partial charge in [-0.25, -0.2) is 0 Å². The van der Waals surface area contributed by atoms with E-state index in [0.717, 1.165) is 24.9 Å². The van der Waals surface area contributed by atoms with Crippen molar-refractivity contribution in [2.45, 2.75) is 18.9 Å². The highest BCUT2D eigenvalue weighted by molar-refractivity contribution is 5.55. The highest BCUT2D eigenvalue weighted by Gasteiger charge is 2.30. The molecule has 0 spiro atoms. The van der Waals surface area contributed by atoms with Crippen molar-refractivity contribution in [2.24, 2.45) is 5.92 Å². The summed E-state index contributed by atoms with van der Waals surface area (Å²) in [7, 11) is 0. The van der Waals surface area contributed by atoms with Crippen molar-refractivity contribution in [1.82, 2.24) is 0 Å². The molecule has 0 saturated heterocycles. The second-order valence-corrected chi connectivity index (χ2v) is 3.42. The van der Waals surface area contributed by atoms with Crippen LogP contribution in [0.3, 0.4) is 0 Å². The first-order valence-corrected chi connectivity index (χ1v) is 4.55. The van der Waals surface area contributed by atoms with Crippen LogP contribution in [-0.2, 0) is 4.79 Å². The lowest BCUT2D eigenvalue weighted by atomic mass is 9.83. The summed E-state index contributed by atoms with van der Waals surface area (Å²) in [6.07, 6.45) is 3.01. The molecule has 0 N–H and O–H groups in total. The monoisotopic (exact) mass is 176 g/mol. The van der Waals surface area contributed by atoms with Gasteiger partial charge in [0.1, 0.15) is 18.1 Å². The van der Waals surface area contributed by atoms with Crippen molar-refractivity contribution in [3.8, 4) is 5.75 Å². The topological polar surface area (TPSA) is 26.3 Å². The summed E-state index contributed by atoms with van der Waals surface area (Å²) in [4.78, 5) is 10.3. The molecule has 2 rings (SSSR count). The molecular formula is C11H12O2. The van der Waals surface area contributed by atoms with Crippen molar-refractivity contribution >= 4 is 6.29 Å². The number of aldehydes is 1. The van der Waals surface area contributed by atoms with Crippen molar-refractivity contribution < 1.29 is 9.53 Å². The van der Waals surface area contributed by atoms with Gasteiger partial charge in [0.25, 0.3) is 0 Å². The molecule has 13 heavy (non-hydrogen) atoms. The zero-order valence-electron chi connectivity index (χ0n) is 7.35. The molecule has 0 radical (unpaired) electrons. The highest BCUT2D eigenvalue weighted by atomic mass is 16.5. The Morgan fingerprint density at radius 3 is 2.54 bits per heavy atom. The Hall–Kier alpha value is -1.31. The van der Waals surface area contributed by atoms with Gasteiger partial charge in [0.15, 0.2) is 0 Å². The third-order valence-electron chi connectivity index (χ3n) is 2.37. The molecule has 0 unspecified atom stereocenters. The molecular weight excluding hydrogens is 164 g/mol. The van der Waals surface area contributed by atoms with Gasteiger partial charge in [-0.1, -0.05) is 18.2 Å². The van der Waals surface area contributed by atoms with E-state index in [1.54, 1.807) is 0 Å². The molecule has 1 aliphatic rings. The van der Waals surface area contributed by atoms with Crippen LogP contribution in [0.15, 0.2) is 30.3 Å². The highest BCUT2D eigenvalue weighted by Crippen LogP contribution is 2.29. The minimum absolute atomic E-state index is 0.230. The fourth-order valence-corrected chi connectivity index (χ4v) is 1.51. The van der Waals surface area contributed by atoms with Crippen LogP contribution in [0.2, 0.25) is 0 Å². The average Bonchev–Trinajstić information content (AvgIpc) is 2.12. The Balaban J connectivity index is 1.84. The maximum Gasteiger partial charge on any atom is 0.123 e. The molecule has 68 valence electrons. The van der Waals surface area contributed by atoms with E-state index in [1.165, 1.54) is 0 Å². The number of para-hydroxylation sites is 1. The molecule has 1 saturated carbocycles. The molecule has 1 aromatic carbocycles. The molecule has 0 aromatic heterocycles. The Kier molecular flexibility index (Phi) is 2.30. The Morgan fingerprint density at radius 1 is 1.23 bits per heavy atom. The zero-order chi connectivity index (χ0) is 9.10. The van der Waals surface area contributed by atoms with E-state index in [9.17, 15) is 4.79 Å². The van der Waals surface area contributed by atoms with Gasteiger partial charge in [-0.3, -0.25) is 0 Å². The van der Waals surface area contributed by atoms with Gasteiger partial charge in [-0.05, 0) is 25.0 Å². The van der Waals surface area contributed by atoms with E-state index in [2.05, 4.69) is 0 Å². The summed E-state index contributed by atoms with van der Waals surface area (Å²) in [5.74, 6) is 1.13. The lowest BCUT2D eigenvalue weighted by molar-refractivity contribution is -0.116. The van der Waals surface area contributed by atoms with Gasteiger partial charge in [-0.15, -0.1) is 0 Å². The number of hydrogen-bond acceptors (Lipinski definition) is 2. The van der Waals surface area contributed by atoms with E-state index < -0.39 is 0 Å². The van der Waals surface area contributed by atoms with E-state index in [0.29, 0.717) is 0 Å². The van der Waals surface area contributed by atoms with Crippen molar-refractivity contribution in [3.63, 3.8) is 0 Å². The molecule has 1 fully saturated rings. The van der Waals surface area contributed by atoms with Crippen LogP contribution in [0.4, 0.5) is 0 Å². The third-order valence-corrected chi connectivity index (χ3v) is 2.37. The molecule has 2 nitrogen and oxygen atoms in total. The minimum Gasteiger partial charge on any atom is -0.490 e. The summed E-state index contributed by atoms with van der Waals surface area (Å²) in [5.41, 5.74) is 0. The lowest BCUT2D eigenvalue weighted by Gasteiger charge is -2.31. The normalized spacial score (nSPS) is 26.2. The van der Waals surface area contributed by atoms with Crippen LogP contribution in [0, 0.1) is 5.92 Å². The Morgan fingerprint density at radius 2 is 1.92 bits per heavy atom. The number of ether oxygens (including phenoxy) is 1. The predicted octanol–water partition coefficient (Wildman–Crippen LogP) is 2.04. The molecule has 0 atom stereocenters. The smallest absolute Gasteiger partial charge is 0.123 e. The van der Waals surface area contributed by atoms with Gasteiger partial charge in [0.2, 0.25) is 0 Å². The SMILES string of the molecule is O=CC1CC(Oc2ccccc2)C1. The number of carbonyl (C=O) groups excluding carboxylic acids is 1. The Labute approximate surface area is 77.5 Å². The van der Waals surface area contributed by atoms with Gasteiger partial charge in [0, 0.05) is 5.92 Å². The standard InChI is InChI=1S/C11H12O2/c12-8-9-6-11(7-9)13-10-4-2-1-3-5-10/h1-5,8-9,11H,6-7H2. The summed E-state index contributed by atoms with van der Waals surface area (Å²) < 4.78 is 5.62. The Bertz CT molecular complexity index is 275. The van der Waals surface area contributed by atoms with E-state index >= 15 is 0 Å². The largest absolute Gasteiger partial charge is 0.490 e. The second kappa shape index (κ2) is 3.60. The quantitative estimate of drug-likeness (QED) is 0.659. The first-order valence-electron chi connectivity index (χ1n) is 4.55. The van der Waals surface area contributed by atoms with Crippen molar-refractivity contribution in [2.75, 3.05) is 0 Å². The lowest BCUT2D eigenvalue weighted by Crippen LogP contribution is -2.34. The first-order chi connectivity index (χ1) is 6.38. The van der Waals surface area contributed by atoms with Crippen LogP contribution >= 0.6 is 0 Å². The van der Waals surface area contributed by atoms with Gasteiger partial charge in [0.05, 0.1) is 0 Å². The number of benzene rings is 1. The van der Waals surface area contributed by atoms with Crippen molar-refractivity contribution in [1.29, 1.82) is 0 Å². The first kappa shape index (κ1) is 8.30. The maximum absolute atomic E-state index is 10.3. The predicted molar refractivity (Wildman–Crippen MR) is 49.6 cm³/mol. The van der Waals surface area contributed by atoms with E-state index in [1.807, 2.05) is 30.3 Å². The number of carbonyl (C=O) groups is 1. The number of rotatable bonds is 3. The van der Waals surface area contributed by atoms with Crippen LogP contribution in [0.1, 0.15) is 12.8 Å². The van der Waals surface area contributed by atoms with Crippen LogP contribution in [-0.4, -0.2) is 12.4 Å². The van der Waals surface area contributed by atoms with Gasteiger partial charge < -0.3 is 9.53 Å². The average molecular weight is 176 g/mol. The summed E-state index contributed by atoms with van der Waals surface area (Å²) >= 11 is 0. The molecule has 2 heteroatoms. The molecule has 1 aromatic rings. The minimum atomic E-state index is 0.230. The summed E-state index contributed by atoms with van der Waals surface area (Å²) in [6, 6.07) is 9.74. The molecule has 0 amide bonds. The van der Waals surface area contributed by atoms with Crippen LogP contribution < -0.4 is 4.74 Å². The molecule has 1 aliphatic carbocycles. The number of hydrogen-bond donors (Lipinski definition) is 0. The fraction of sp³-hybridized carbons (Fsp3) is 0.364. The molecule has 0 aliphatic heterocycles. The zero-order valence-corrected chi connectivity index (χ0v) is 7.35. The second-order valence-electron chi connectivity index (χ2n) is 3.42. The third kappa shape index (κ3) is 1.89. The molecule has 0 heterocycles. The van der Waals surface area contributed by atoms with Crippen LogP contribution in [0.25, 0.3) is 0 Å². The van der Waals surface area contributed by atoms with Gasteiger partial charge in [-0.2, -0.15) is 0 Å². The summed E-state index contributed by atoms with van der Waals surface area (Å²) in [5, 5.41) is 0. The van der Waals surface area contributed by atoms with Crippen LogP contribution in [0.5, 0.6) is 5.75 Å². The fourth-order valence-electron chi connectivity index (χ4n) is 1.51. The van der Waals surface area contributed by atoms with E-state index in [-0.39, 0.29) is 12.0 Å². The maximum atomic E-state index is 10.3. The van der Waals surface area contributed by atoms with E-state index in [4.69, 9.17) is 4.74 Å². The van der Waals surface area contributed by atoms with Gasteiger partial charge >= 0.3 is 0 Å².